The molecule has 0 atom stereocenters. The second kappa shape index (κ2) is 7.49. The van der Waals surface area contributed by atoms with Crippen LogP contribution in [0.2, 0.25) is 0 Å². The summed E-state index contributed by atoms with van der Waals surface area (Å²) in [7, 11) is -0.753. The van der Waals surface area contributed by atoms with E-state index < -0.39 is 15.8 Å². The fourth-order valence-electron chi connectivity index (χ4n) is 1.46. The monoisotopic (exact) mass is 372 g/mol. The Morgan fingerprint density at radius 2 is 2.00 bits per heavy atom. The quantitative estimate of drug-likeness (QED) is 0.734. The highest BCUT2D eigenvalue weighted by Crippen LogP contribution is 2.38. The molecule has 2 rings (SSSR count). The molecule has 8 nitrogen and oxygen atoms in total. The van der Waals surface area contributed by atoms with Crippen molar-refractivity contribution in [3.63, 3.8) is 0 Å². The predicted octanol–water partition coefficient (Wildman–Crippen LogP) is 1.97. The third kappa shape index (κ3) is 4.72. The zero-order valence-corrected chi connectivity index (χ0v) is 14.6. The first-order valence-corrected chi connectivity index (χ1v) is 9.42. The van der Waals surface area contributed by atoms with Crippen LogP contribution in [0.25, 0.3) is 0 Å². The number of ether oxygens (including phenoxy) is 2. The Labute approximate surface area is 141 Å². The lowest BCUT2D eigenvalue weighted by molar-refractivity contribution is 0.364. The fraction of sp³-hybridized carbons (Fsp3) is 0.250. The van der Waals surface area contributed by atoms with E-state index in [-0.39, 0.29) is 0 Å². The Balaban J connectivity index is 2.25. The first-order valence-electron chi connectivity index (χ1n) is 6.07. The molecule has 0 aromatic carbocycles. The van der Waals surface area contributed by atoms with E-state index in [2.05, 4.69) is 14.7 Å². The number of nitrogens with one attached hydrogen (secondary N) is 1. The molecule has 0 aliphatic carbocycles. The van der Waals surface area contributed by atoms with E-state index in [0.717, 1.165) is 0 Å². The van der Waals surface area contributed by atoms with Crippen LogP contribution in [-0.4, -0.2) is 38.4 Å². The topological polar surface area (TPSA) is 114 Å². The molecule has 0 spiro atoms. The Hall–Kier alpha value is -2.03. The summed E-state index contributed by atoms with van der Waals surface area (Å²) < 4.78 is 36.5. The van der Waals surface area contributed by atoms with Gasteiger partial charge in [-0.2, -0.15) is 15.2 Å². The number of rotatable bonds is 7. The lowest BCUT2D eigenvalue weighted by Crippen LogP contribution is -2.15. The minimum atomic E-state index is -3.70. The van der Waals surface area contributed by atoms with Crippen molar-refractivity contribution < 1.29 is 17.9 Å². The number of sulfonamides is 1. The number of nitrogens with zero attached hydrogens (tertiary/aromatic N) is 3. The van der Waals surface area contributed by atoms with E-state index in [9.17, 15) is 8.42 Å². The van der Waals surface area contributed by atoms with Gasteiger partial charge in [-0.25, -0.2) is 8.42 Å². The van der Waals surface area contributed by atoms with Crippen molar-refractivity contribution in [3.8, 4) is 17.8 Å². The Morgan fingerprint density at radius 1 is 1.35 bits per heavy atom. The van der Waals surface area contributed by atoms with Crippen LogP contribution in [0.5, 0.6) is 11.8 Å². The third-order valence-corrected chi connectivity index (χ3v) is 5.47. The summed E-state index contributed by atoms with van der Waals surface area (Å²) in [6.45, 7) is 0. The fourth-order valence-corrected chi connectivity index (χ4v) is 4.16. The second-order valence-corrected chi connectivity index (χ2v) is 7.85. The van der Waals surface area contributed by atoms with E-state index in [0.29, 0.717) is 26.8 Å². The van der Waals surface area contributed by atoms with Gasteiger partial charge in [0.2, 0.25) is 21.8 Å². The van der Waals surface area contributed by atoms with Crippen molar-refractivity contribution in [1.29, 1.82) is 5.26 Å². The molecule has 2 aromatic heterocycles. The maximum Gasteiger partial charge on any atom is 0.246 e. The molecule has 0 radical (unpaired) electrons. The van der Waals surface area contributed by atoms with Gasteiger partial charge in [0.25, 0.3) is 0 Å². The zero-order valence-electron chi connectivity index (χ0n) is 12.1. The van der Waals surface area contributed by atoms with Gasteiger partial charge in [0, 0.05) is 0 Å². The van der Waals surface area contributed by atoms with E-state index in [1.165, 1.54) is 43.4 Å². The minimum Gasteiger partial charge on any atom is -0.481 e. The van der Waals surface area contributed by atoms with Gasteiger partial charge in [-0.3, -0.25) is 4.72 Å². The van der Waals surface area contributed by atoms with Gasteiger partial charge >= 0.3 is 0 Å². The average Bonchev–Trinajstić information content (AvgIpc) is 2.92. The molecule has 122 valence electrons. The number of aromatic nitrogens is 2. The van der Waals surface area contributed by atoms with Crippen LogP contribution in [0, 0.1) is 11.3 Å². The normalized spacial score (nSPS) is 10.8. The van der Waals surface area contributed by atoms with Gasteiger partial charge < -0.3 is 9.47 Å². The number of thiophene rings is 1. The van der Waals surface area contributed by atoms with Gasteiger partial charge in [0.15, 0.2) is 10.9 Å². The van der Waals surface area contributed by atoms with Crippen molar-refractivity contribution in [2.24, 2.45) is 0 Å². The Bertz CT molecular complexity index is 807. The molecule has 2 heterocycles. The SMILES string of the molecule is COc1cc(OC)nc(Sc2sccc2NS(=O)(=O)CC#N)n1. The minimum absolute atomic E-state index is 0.336. The Morgan fingerprint density at radius 3 is 2.57 bits per heavy atom. The second-order valence-electron chi connectivity index (χ2n) is 3.98. The standard InChI is InChI=1S/C12H12N4O4S3/c1-19-9-7-10(20-2)15-12(14-9)22-11-8(3-5-21-11)16-23(17,18)6-4-13/h3,5,7,16H,6H2,1-2H3. The third-order valence-electron chi connectivity index (χ3n) is 2.41. The summed E-state index contributed by atoms with van der Waals surface area (Å²) in [4.78, 5) is 8.35. The van der Waals surface area contributed by atoms with Crippen LogP contribution in [0.1, 0.15) is 0 Å². The number of nitriles is 1. The summed E-state index contributed by atoms with van der Waals surface area (Å²) in [6.07, 6.45) is 0. The molecule has 0 aliphatic rings. The van der Waals surface area contributed by atoms with Crippen molar-refractivity contribution in [2.45, 2.75) is 9.37 Å². The first kappa shape index (κ1) is 17.3. The molecule has 2 aromatic rings. The number of hydrogen-bond donors (Lipinski definition) is 1. The molecule has 0 bridgehead atoms. The number of hydrogen-bond acceptors (Lipinski definition) is 9. The maximum absolute atomic E-state index is 11.7. The molecule has 0 aliphatic heterocycles. The van der Waals surface area contributed by atoms with E-state index in [1.807, 2.05) is 0 Å². The maximum atomic E-state index is 11.7. The van der Waals surface area contributed by atoms with Crippen molar-refractivity contribution in [3.05, 3.63) is 17.5 Å². The molecule has 0 saturated heterocycles. The molecule has 1 N–H and O–H groups in total. The largest absolute Gasteiger partial charge is 0.481 e. The van der Waals surface area contributed by atoms with Gasteiger partial charge in [0.1, 0.15) is 0 Å². The van der Waals surface area contributed by atoms with Crippen molar-refractivity contribution >= 4 is 38.8 Å². The van der Waals surface area contributed by atoms with Gasteiger partial charge in [0.05, 0.1) is 36.3 Å². The van der Waals surface area contributed by atoms with Crippen LogP contribution in [0.15, 0.2) is 26.9 Å². The molecular formula is C12H12N4O4S3. The van der Waals surface area contributed by atoms with Gasteiger partial charge in [-0.1, -0.05) is 0 Å². The highest BCUT2D eigenvalue weighted by Gasteiger charge is 2.16. The summed E-state index contributed by atoms with van der Waals surface area (Å²) in [5.41, 5.74) is 0.376. The molecule has 0 saturated carbocycles. The van der Waals surface area contributed by atoms with Crippen molar-refractivity contribution in [2.75, 3.05) is 24.7 Å². The van der Waals surface area contributed by atoms with Crippen LogP contribution in [0.3, 0.4) is 0 Å². The molecule has 0 fully saturated rings. The van der Waals surface area contributed by atoms with Crippen LogP contribution in [-0.2, 0) is 10.0 Å². The Kier molecular flexibility index (Phi) is 5.64. The van der Waals surface area contributed by atoms with Gasteiger partial charge in [-0.05, 0) is 23.2 Å². The summed E-state index contributed by atoms with van der Waals surface area (Å²) >= 11 is 2.49. The lowest BCUT2D eigenvalue weighted by Gasteiger charge is -2.07. The van der Waals surface area contributed by atoms with E-state index in [4.69, 9.17) is 14.7 Å². The average molecular weight is 372 g/mol. The van der Waals surface area contributed by atoms with Crippen molar-refractivity contribution in [1.82, 2.24) is 9.97 Å². The number of methoxy groups -OCH3 is 2. The molecule has 23 heavy (non-hydrogen) atoms. The van der Waals surface area contributed by atoms with Crippen LogP contribution >= 0.6 is 23.1 Å². The van der Waals surface area contributed by atoms with E-state index in [1.54, 1.807) is 17.5 Å². The van der Waals surface area contributed by atoms with Crippen LogP contribution < -0.4 is 14.2 Å². The molecular weight excluding hydrogens is 360 g/mol. The smallest absolute Gasteiger partial charge is 0.246 e. The highest BCUT2D eigenvalue weighted by atomic mass is 32.2. The summed E-state index contributed by atoms with van der Waals surface area (Å²) in [5, 5.41) is 10.6. The molecule has 0 unspecified atom stereocenters. The van der Waals surface area contributed by atoms with Crippen LogP contribution in [0.4, 0.5) is 5.69 Å². The summed E-state index contributed by atoms with van der Waals surface area (Å²) in [6, 6.07) is 4.76. The lowest BCUT2D eigenvalue weighted by atomic mass is 10.6. The van der Waals surface area contributed by atoms with Gasteiger partial charge in [-0.15, -0.1) is 11.3 Å². The highest BCUT2D eigenvalue weighted by molar-refractivity contribution is 8.01. The summed E-state index contributed by atoms with van der Waals surface area (Å²) in [5.74, 6) is 0.0567. The predicted molar refractivity (Wildman–Crippen MR) is 86.6 cm³/mol. The zero-order chi connectivity index (χ0) is 16.9. The number of anilines is 1. The van der Waals surface area contributed by atoms with E-state index >= 15 is 0 Å². The first-order chi connectivity index (χ1) is 11.0. The molecule has 0 amide bonds. The molecule has 11 heteroatoms.